The summed E-state index contributed by atoms with van der Waals surface area (Å²) in [7, 11) is -0.304. The molecule has 3 rings (SSSR count). The number of hydrogen-bond acceptors (Lipinski definition) is 5. The molecule has 1 aliphatic rings. The summed E-state index contributed by atoms with van der Waals surface area (Å²) in [4.78, 5) is 16.6. The van der Waals surface area contributed by atoms with Crippen LogP contribution in [0.3, 0.4) is 0 Å². The molecule has 9 heteroatoms. The van der Waals surface area contributed by atoms with Crippen LogP contribution < -0.4 is 0 Å². The van der Waals surface area contributed by atoms with Gasteiger partial charge in [0.15, 0.2) is 5.82 Å². The molecule has 1 atom stereocenters. The van der Waals surface area contributed by atoms with E-state index in [9.17, 15) is 8.42 Å². The predicted octanol–water partition coefficient (Wildman–Crippen LogP) is 1.08. The number of imidazole rings is 1. The lowest BCUT2D eigenvalue weighted by molar-refractivity contribution is 0.418. The molecule has 8 nitrogen and oxygen atoms in total. The first-order chi connectivity index (χ1) is 11.3. The van der Waals surface area contributed by atoms with Crippen LogP contribution in [0.2, 0.25) is 0 Å². The SMILES string of the molecule is Cc1cc(-c2ncc(C)[nH]2)nc(C2CCN(S(=O)(=O)N(C)C)C2)n1. The van der Waals surface area contributed by atoms with E-state index in [0.29, 0.717) is 31.2 Å². The average Bonchev–Trinajstić information content (AvgIpc) is 3.15. The van der Waals surface area contributed by atoms with Crippen LogP contribution in [0.5, 0.6) is 0 Å². The van der Waals surface area contributed by atoms with Gasteiger partial charge in [-0.3, -0.25) is 0 Å². The molecule has 2 aromatic heterocycles. The lowest BCUT2D eigenvalue weighted by Crippen LogP contribution is -2.38. The highest BCUT2D eigenvalue weighted by Crippen LogP contribution is 2.28. The third-order valence-electron chi connectivity index (χ3n) is 4.12. The van der Waals surface area contributed by atoms with E-state index in [1.54, 1.807) is 20.3 Å². The molecular formula is C15H22N6O2S. The molecule has 3 heterocycles. The largest absolute Gasteiger partial charge is 0.341 e. The summed E-state index contributed by atoms with van der Waals surface area (Å²) in [5.74, 6) is 1.37. The number of rotatable bonds is 4. The monoisotopic (exact) mass is 350 g/mol. The lowest BCUT2D eigenvalue weighted by Gasteiger charge is -2.20. The maximum Gasteiger partial charge on any atom is 0.281 e. The maximum absolute atomic E-state index is 12.3. The summed E-state index contributed by atoms with van der Waals surface area (Å²) < 4.78 is 27.3. The van der Waals surface area contributed by atoms with Gasteiger partial charge in [0, 0.05) is 50.7 Å². The van der Waals surface area contributed by atoms with Crippen molar-refractivity contribution in [3.8, 4) is 11.5 Å². The Kier molecular flexibility index (Phi) is 4.41. The van der Waals surface area contributed by atoms with Gasteiger partial charge in [0.05, 0.1) is 0 Å². The fourth-order valence-corrected chi connectivity index (χ4v) is 3.98. The van der Waals surface area contributed by atoms with Crippen molar-refractivity contribution in [1.29, 1.82) is 0 Å². The van der Waals surface area contributed by atoms with Crippen molar-refractivity contribution in [1.82, 2.24) is 28.5 Å². The van der Waals surface area contributed by atoms with Gasteiger partial charge >= 0.3 is 0 Å². The molecule has 0 aromatic carbocycles. The number of nitrogens with zero attached hydrogens (tertiary/aromatic N) is 5. The smallest absolute Gasteiger partial charge is 0.281 e. The van der Waals surface area contributed by atoms with E-state index in [2.05, 4.69) is 19.9 Å². The Morgan fingerprint density at radius 3 is 2.67 bits per heavy atom. The Morgan fingerprint density at radius 1 is 1.29 bits per heavy atom. The van der Waals surface area contributed by atoms with E-state index >= 15 is 0 Å². The molecule has 0 radical (unpaired) electrons. The van der Waals surface area contributed by atoms with E-state index in [-0.39, 0.29) is 5.92 Å². The van der Waals surface area contributed by atoms with Crippen LogP contribution in [0.15, 0.2) is 12.3 Å². The van der Waals surface area contributed by atoms with Gasteiger partial charge in [-0.25, -0.2) is 15.0 Å². The zero-order valence-electron chi connectivity index (χ0n) is 14.3. The molecule has 1 saturated heterocycles. The summed E-state index contributed by atoms with van der Waals surface area (Å²) in [6, 6.07) is 1.88. The molecule has 24 heavy (non-hydrogen) atoms. The number of aromatic nitrogens is 4. The first-order valence-corrected chi connectivity index (χ1v) is 9.22. The lowest BCUT2D eigenvalue weighted by atomic mass is 10.1. The van der Waals surface area contributed by atoms with Gasteiger partial charge in [-0.05, 0) is 26.3 Å². The molecule has 0 amide bonds. The van der Waals surface area contributed by atoms with Gasteiger partial charge in [-0.2, -0.15) is 17.0 Å². The normalized spacial score (nSPS) is 19.3. The van der Waals surface area contributed by atoms with E-state index in [1.807, 2.05) is 19.9 Å². The van der Waals surface area contributed by atoms with Gasteiger partial charge in [-0.15, -0.1) is 0 Å². The Labute approximate surface area is 142 Å². The molecule has 1 fully saturated rings. The Bertz CT molecular complexity index is 845. The minimum Gasteiger partial charge on any atom is -0.341 e. The van der Waals surface area contributed by atoms with Gasteiger partial charge < -0.3 is 4.98 Å². The molecule has 1 N–H and O–H groups in total. The molecule has 130 valence electrons. The number of H-pyrrole nitrogens is 1. The second-order valence-electron chi connectivity index (χ2n) is 6.30. The Hall–Kier alpha value is -1.84. The van der Waals surface area contributed by atoms with Crippen molar-refractivity contribution in [3.05, 3.63) is 29.5 Å². The van der Waals surface area contributed by atoms with Crippen molar-refractivity contribution in [2.45, 2.75) is 26.2 Å². The van der Waals surface area contributed by atoms with E-state index in [1.165, 1.54) is 8.61 Å². The molecule has 0 spiro atoms. The molecular weight excluding hydrogens is 328 g/mol. The van der Waals surface area contributed by atoms with Crippen LogP contribution in [0.1, 0.15) is 29.6 Å². The molecule has 1 aliphatic heterocycles. The second kappa shape index (κ2) is 6.23. The fraction of sp³-hybridized carbons (Fsp3) is 0.533. The van der Waals surface area contributed by atoms with E-state index < -0.39 is 10.2 Å². The number of aryl methyl sites for hydroxylation is 2. The van der Waals surface area contributed by atoms with Gasteiger partial charge in [0.1, 0.15) is 11.5 Å². The minimum atomic E-state index is -3.39. The van der Waals surface area contributed by atoms with Crippen LogP contribution in [0, 0.1) is 13.8 Å². The second-order valence-corrected chi connectivity index (χ2v) is 8.44. The maximum atomic E-state index is 12.3. The first-order valence-electron chi connectivity index (χ1n) is 7.82. The number of nitrogens with one attached hydrogen (secondary N) is 1. The third kappa shape index (κ3) is 3.19. The summed E-state index contributed by atoms with van der Waals surface area (Å²) in [5.41, 5.74) is 2.55. The van der Waals surface area contributed by atoms with Crippen molar-refractivity contribution in [2.24, 2.45) is 0 Å². The summed E-state index contributed by atoms with van der Waals surface area (Å²) >= 11 is 0. The van der Waals surface area contributed by atoms with Crippen molar-refractivity contribution < 1.29 is 8.42 Å². The minimum absolute atomic E-state index is 0.00515. The summed E-state index contributed by atoms with van der Waals surface area (Å²) in [6.07, 6.45) is 2.47. The van der Waals surface area contributed by atoms with Crippen LogP contribution in [-0.2, 0) is 10.2 Å². The standard InChI is InChI=1S/C15H22N6O2S/c1-10-7-13(15-16-8-11(2)18-15)19-14(17-10)12-5-6-21(9-12)24(22,23)20(3)4/h7-8,12H,5-6,9H2,1-4H3,(H,16,18). The Balaban J connectivity index is 1.87. The van der Waals surface area contributed by atoms with E-state index in [0.717, 1.165) is 17.1 Å². The molecule has 0 bridgehead atoms. The predicted molar refractivity (Wildman–Crippen MR) is 90.6 cm³/mol. The van der Waals surface area contributed by atoms with Crippen LogP contribution in [-0.4, -0.2) is 64.1 Å². The molecule has 2 aromatic rings. The zero-order chi connectivity index (χ0) is 17.5. The quantitative estimate of drug-likeness (QED) is 0.890. The highest BCUT2D eigenvalue weighted by Gasteiger charge is 2.34. The first kappa shape index (κ1) is 17.0. The number of aromatic amines is 1. The van der Waals surface area contributed by atoms with Crippen LogP contribution >= 0.6 is 0 Å². The highest BCUT2D eigenvalue weighted by atomic mass is 32.2. The van der Waals surface area contributed by atoms with Crippen molar-refractivity contribution in [2.75, 3.05) is 27.2 Å². The van der Waals surface area contributed by atoms with Crippen molar-refractivity contribution >= 4 is 10.2 Å². The van der Waals surface area contributed by atoms with E-state index in [4.69, 9.17) is 0 Å². The molecule has 0 saturated carbocycles. The van der Waals surface area contributed by atoms with Crippen LogP contribution in [0.25, 0.3) is 11.5 Å². The molecule has 1 unspecified atom stereocenters. The topological polar surface area (TPSA) is 95.1 Å². The zero-order valence-corrected chi connectivity index (χ0v) is 15.1. The van der Waals surface area contributed by atoms with Crippen molar-refractivity contribution in [3.63, 3.8) is 0 Å². The van der Waals surface area contributed by atoms with Gasteiger partial charge in [-0.1, -0.05) is 0 Å². The third-order valence-corrected chi connectivity index (χ3v) is 6.03. The fourth-order valence-electron chi connectivity index (χ4n) is 2.82. The average molecular weight is 350 g/mol. The molecule has 0 aliphatic carbocycles. The number of hydrogen-bond donors (Lipinski definition) is 1. The summed E-state index contributed by atoms with van der Waals surface area (Å²) in [5, 5.41) is 0. The highest BCUT2D eigenvalue weighted by molar-refractivity contribution is 7.86. The Morgan fingerprint density at radius 2 is 2.04 bits per heavy atom. The van der Waals surface area contributed by atoms with Gasteiger partial charge in [0.2, 0.25) is 0 Å². The van der Waals surface area contributed by atoms with Crippen LogP contribution in [0.4, 0.5) is 0 Å². The summed E-state index contributed by atoms with van der Waals surface area (Å²) in [6.45, 7) is 4.73. The van der Waals surface area contributed by atoms with Gasteiger partial charge in [0.25, 0.3) is 10.2 Å².